The summed E-state index contributed by atoms with van der Waals surface area (Å²) in [5, 5.41) is 15.4. The molecule has 0 bridgehead atoms. The molecule has 15 heteroatoms. The number of carboxylic acids is 2. The summed E-state index contributed by atoms with van der Waals surface area (Å²) in [5.74, 6) is -4.18. The Bertz CT molecular complexity index is 902. The van der Waals surface area contributed by atoms with Crippen molar-refractivity contribution in [3.8, 4) is 0 Å². The highest BCUT2D eigenvalue weighted by molar-refractivity contribution is 7.19. The number of nitrogens with two attached hydrogens (primary N) is 1. The zero-order chi connectivity index (χ0) is 23.4. The van der Waals surface area contributed by atoms with E-state index in [9.17, 15) is 26.3 Å². The van der Waals surface area contributed by atoms with E-state index in [1.807, 2.05) is 19.0 Å². The van der Waals surface area contributed by atoms with E-state index in [2.05, 4.69) is 9.97 Å². The van der Waals surface area contributed by atoms with E-state index in [-0.39, 0.29) is 0 Å². The minimum absolute atomic E-state index is 0.633. The Morgan fingerprint density at radius 1 is 1.00 bits per heavy atom. The first kappa shape index (κ1) is 25.2. The van der Waals surface area contributed by atoms with E-state index < -0.39 is 24.3 Å². The summed E-state index contributed by atoms with van der Waals surface area (Å²) in [6, 6.07) is 0. The van der Waals surface area contributed by atoms with Crippen molar-refractivity contribution in [1.82, 2.24) is 9.97 Å². The predicted molar refractivity (Wildman–Crippen MR) is 95.6 cm³/mol. The second kappa shape index (κ2) is 9.32. The van der Waals surface area contributed by atoms with Crippen molar-refractivity contribution >= 4 is 45.3 Å². The van der Waals surface area contributed by atoms with E-state index in [1.165, 1.54) is 23.3 Å². The second-order valence-electron chi connectivity index (χ2n) is 5.95. The van der Waals surface area contributed by atoms with E-state index in [4.69, 9.17) is 25.5 Å². The molecular formula is C15H16F6N4O4S. The van der Waals surface area contributed by atoms with Gasteiger partial charge in [0.05, 0.1) is 5.39 Å². The molecule has 3 rings (SSSR count). The lowest BCUT2D eigenvalue weighted by molar-refractivity contribution is -0.193. The number of nitrogen functional groups attached to an aromatic ring is 1. The molecule has 1 aliphatic rings. The number of halogens is 6. The third-order valence-corrected chi connectivity index (χ3v) is 4.65. The monoisotopic (exact) mass is 462 g/mol. The fourth-order valence-electron chi connectivity index (χ4n) is 2.21. The number of rotatable bonds is 1. The SMILES string of the molecule is CN(C)c1nc(N)c2c3c(sc2n1)CCC3.O=C(O)C(F)(F)F.O=C(O)C(F)(F)F. The molecule has 0 saturated heterocycles. The molecule has 0 fully saturated rings. The van der Waals surface area contributed by atoms with Gasteiger partial charge in [-0.3, -0.25) is 0 Å². The first-order valence-corrected chi connectivity index (χ1v) is 8.72. The fourth-order valence-corrected chi connectivity index (χ4v) is 3.48. The van der Waals surface area contributed by atoms with Gasteiger partial charge in [0.1, 0.15) is 10.6 Å². The van der Waals surface area contributed by atoms with Crippen LogP contribution in [-0.4, -0.2) is 58.6 Å². The van der Waals surface area contributed by atoms with Gasteiger partial charge in [0.2, 0.25) is 5.95 Å². The number of carbonyl (C=O) groups is 2. The molecule has 0 amide bonds. The summed E-state index contributed by atoms with van der Waals surface area (Å²) in [4.78, 5) is 31.1. The number of anilines is 2. The van der Waals surface area contributed by atoms with Gasteiger partial charge in [0.15, 0.2) is 0 Å². The summed E-state index contributed by atoms with van der Waals surface area (Å²) >= 11 is 1.77. The quantitative estimate of drug-likeness (QED) is 0.552. The van der Waals surface area contributed by atoms with Crippen molar-refractivity contribution < 1.29 is 46.1 Å². The van der Waals surface area contributed by atoms with Crippen molar-refractivity contribution in [3.05, 3.63) is 10.4 Å². The van der Waals surface area contributed by atoms with Crippen molar-refractivity contribution in [1.29, 1.82) is 0 Å². The molecule has 0 atom stereocenters. The minimum atomic E-state index is -5.08. The smallest absolute Gasteiger partial charge is 0.475 e. The van der Waals surface area contributed by atoms with Crippen LogP contribution >= 0.6 is 11.3 Å². The standard InChI is InChI=1S/C11H14N4S.2C2HF3O2/c1-15(2)11-13-9(12)8-6-4-3-5-7(6)16-10(8)14-11;2*3-2(4,5)1(6)7/h3-5H2,1-2H3,(H2,12,13,14);2*(H,6,7). The van der Waals surface area contributed by atoms with E-state index in [0.717, 1.165) is 16.6 Å². The van der Waals surface area contributed by atoms with E-state index in [1.54, 1.807) is 11.3 Å². The third kappa shape index (κ3) is 6.60. The van der Waals surface area contributed by atoms with Gasteiger partial charge in [-0.15, -0.1) is 11.3 Å². The average molecular weight is 462 g/mol. The van der Waals surface area contributed by atoms with Gasteiger partial charge in [0, 0.05) is 19.0 Å². The Labute approximate surface area is 168 Å². The number of carboxylic acid groups (broad SMARTS) is 2. The molecule has 168 valence electrons. The number of hydrogen-bond donors (Lipinski definition) is 3. The molecule has 2 aromatic heterocycles. The number of aryl methyl sites for hydroxylation is 2. The molecule has 0 spiro atoms. The number of aliphatic carboxylic acids is 2. The Morgan fingerprint density at radius 3 is 1.87 bits per heavy atom. The van der Waals surface area contributed by atoms with Gasteiger partial charge < -0.3 is 20.8 Å². The van der Waals surface area contributed by atoms with Crippen molar-refractivity contribution in [3.63, 3.8) is 0 Å². The second-order valence-corrected chi connectivity index (χ2v) is 7.03. The number of thiophene rings is 1. The van der Waals surface area contributed by atoms with E-state index >= 15 is 0 Å². The van der Waals surface area contributed by atoms with Crippen LogP contribution in [0, 0.1) is 0 Å². The van der Waals surface area contributed by atoms with Crippen LogP contribution in [0.2, 0.25) is 0 Å². The molecule has 0 radical (unpaired) electrons. The zero-order valence-corrected chi connectivity index (χ0v) is 16.2. The number of aromatic nitrogens is 2. The van der Waals surface area contributed by atoms with Gasteiger partial charge in [0.25, 0.3) is 0 Å². The maximum atomic E-state index is 10.6. The first-order chi connectivity index (χ1) is 13.6. The summed E-state index contributed by atoms with van der Waals surface area (Å²) in [7, 11) is 3.86. The fraction of sp³-hybridized carbons (Fsp3) is 0.467. The highest BCUT2D eigenvalue weighted by atomic mass is 32.1. The highest BCUT2D eigenvalue weighted by Gasteiger charge is 2.38. The van der Waals surface area contributed by atoms with Crippen LogP contribution in [0.5, 0.6) is 0 Å². The lowest BCUT2D eigenvalue weighted by atomic mass is 10.2. The first-order valence-electron chi connectivity index (χ1n) is 7.91. The molecular weight excluding hydrogens is 446 g/mol. The van der Waals surface area contributed by atoms with Crippen LogP contribution < -0.4 is 10.6 Å². The van der Waals surface area contributed by atoms with Crippen LogP contribution in [0.15, 0.2) is 0 Å². The van der Waals surface area contributed by atoms with Crippen molar-refractivity contribution in [2.24, 2.45) is 0 Å². The summed E-state index contributed by atoms with van der Waals surface area (Å²) in [6.45, 7) is 0. The van der Waals surface area contributed by atoms with Gasteiger partial charge in [-0.1, -0.05) is 0 Å². The normalized spacial score (nSPS) is 12.9. The maximum absolute atomic E-state index is 10.6. The van der Waals surface area contributed by atoms with Crippen LogP contribution in [0.1, 0.15) is 16.9 Å². The van der Waals surface area contributed by atoms with Gasteiger partial charge in [-0.05, 0) is 24.8 Å². The summed E-state index contributed by atoms with van der Waals surface area (Å²) in [5.41, 5.74) is 7.43. The minimum Gasteiger partial charge on any atom is -0.475 e. The van der Waals surface area contributed by atoms with Crippen LogP contribution in [0.25, 0.3) is 10.2 Å². The lowest BCUT2D eigenvalue weighted by Gasteiger charge is -2.10. The largest absolute Gasteiger partial charge is 0.490 e. The molecule has 0 saturated carbocycles. The Balaban J connectivity index is 0.000000271. The number of fused-ring (bicyclic) bond motifs is 3. The molecule has 2 aromatic rings. The Kier molecular flexibility index (Phi) is 7.82. The molecule has 8 nitrogen and oxygen atoms in total. The van der Waals surface area contributed by atoms with E-state index in [0.29, 0.717) is 11.8 Å². The van der Waals surface area contributed by atoms with Gasteiger partial charge in [-0.2, -0.15) is 31.3 Å². The molecule has 4 N–H and O–H groups in total. The van der Waals surface area contributed by atoms with Crippen LogP contribution in [-0.2, 0) is 22.4 Å². The molecule has 0 unspecified atom stereocenters. The topological polar surface area (TPSA) is 130 Å². The van der Waals surface area contributed by atoms with Crippen LogP contribution in [0.4, 0.5) is 38.1 Å². The molecule has 1 aliphatic carbocycles. The summed E-state index contributed by atoms with van der Waals surface area (Å²) < 4.78 is 63.5. The van der Waals surface area contributed by atoms with Gasteiger partial charge >= 0.3 is 24.3 Å². The number of hydrogen-bond acceptors (Lipinski definition) is 7. The molecule has 30 heavy (non-hydrogen) atoms. The average Bonchev–Trinajstić information content (AvgIpc) is 3.14. The maximum Gasteiger partial charge on any atom is 0.490 e. The molecule has 2 heterocycles. The zero-order valence-electron chi connectivity index (χ0n) is 15.4. The van der Waals surface area contributed by atoms with Crippen molar-refractivity contribution in [2.45, 2.75) is 31.6 Å². The Morgan fingerprint density at radius 2 is 1.47 bits per heavy atom. The lowest BCUT2D eigenvalue weighted by Crippen LogP contribution is -2.21. The Hall–Kier alpha value is -2.84. The van der Waals surface area contributed by atoms with Gasteiger partial charge in [-0.25, -0.2) is 14.6 Å². The van der Waals surface area contributed by atoms with Crippen LogP contribution in [0.3, 0.4) is 0 Å². The molecule has 0 aromatic carbocycles. The summed E-state index contributed by atoms with van der Waals surface area (Å²) in [6.07, 6.45) is -6.62. The third-order valence-electron chi connectivity index (χ3n) is 3.47. The highest BCUT2D eigenvalue weighted by Crippen LogP contribution is 2.39. The molecule has 0 aliphatic heterocycles. The number of alkyl halides is 6. The number of nitrogens with zero attached hydrogens (tertiary/aromatic N) is 3. The van der Waals surface area contributed by atoms with Crippen molar-refractivity contribution in [2.75, 3.05) is 24.7 Å². The predicted octanol–water partition coefficient (Wildman–Crippen LogP) is 3.09.